The minimum absolute atomic E-state index is 0.0143. The minimum Gasteiger partial charge on any atom is -0.508 e. The Kier molecular flexibility index (Phi) is 6.93. The highest BCUT2D eigenvalue weighted by molar-refractivity contribution is 5.61. The summed E-state index contributed by atoms with van der Waals surface area (Å²) in [6, 6.07) is 15.9. The van der Waals surface area contributed by atoms with E-state index >= 15 is 0 Å². The third-order valence-corrected chi connectivity index (χ3v) is 8.25. The molecule has 0 radical (unpaired) electrons. The molecule has 6 rings (SSSR count). The number of aliphatic hydroxyl groups excluding tert-OH is 1. The quantitative estimate of drug-likeness (QED) is 0.547. The molecule has 0 amide bonds. The molecule has 1 saturated carbocycles. The Morgan fingerprint density at radius 1 is 0.811 bits per heavy atom. The molecule has 2 fully saturated rings. The van der Waals surface area contributed by atoms with Crippen molar-refractivity contribution in [3.05, 3.63) is 59.7 Å². The highest BCUT2D eigenvalue weighted by Crippen LogP contribution is 2.34. The van der Waals surface area contributed by atoms with Gasteiger partial charge in [-0.1, -0.05) is 55.7 Å². The summed E-state index contributed by atoms with van der Waals surface area (Å²) in [6.07, 6.45) is 7.57. The molecule has 2 aliphatic heterocycles. The molecule has 0 bridgehead atoms. The van der Waals surface area contributed by atoms with Gasteiger partial charge in [0.05, 0.1) is 12.6 Å². The number of aromatic nitrogens is 3. The zero-order valence-corrected chi connectivity index (χ0v) is 21.3. The third kappa shape index (κ3) is 5.00. The Balaban J connectivity index is 1.32. The van der Waals surface area contributed by atoms with Crippen molar-refractivity contribution in [3.63, 3.8) is 0 Å². The van der Waals surface area contributed by atoms with Crippen LogP contribution in [0.3, 0.4) is 0 Å². The van der Waals surface area contributed by atoms with Crippen LogP contribution in [-0.2, 0) is 6.42 Å². The highest BCUT2D eigenvalue weighted by atomic mass is 16.3. The van der Waals surface area contributed by atoms with Gasteiger partial charge in [-0.3, -0.25) is 4.90 Å². The van der Waals surface area contributed by atoms with Gasteiger partial charge in [0.2, 0.25) is 11.9 Å². The molecular formula is C29H36N6O2. The van der Waals surface area contributed by atoms with Gasteiger partial charge in [-0.05, 0) is 42.5 Å². The Morgan fingerprint density at radius 2 is 1.59 bits per heavy atom. The first-order valence-electron chi connectivity index (χ1n) is 13.7. The van der Waals surface area contributed by atoms with E-state index in [0.29, 0.717) is 23.8 Å². The summed E-state index contributed by atoms with van der Waals surface area (Å²) in [4.78, 5) is 21.7. The van der Waals surface area contributed by atoms with Gasteiger partial charge in [0.25, 0.3) is 0 Å². The summed E-state index contributed by atoms with van der Waals surface area (Å²) in [5, 5.41) is 20.5. The summed E-state index contributed by atoms with van der Waals surface area (Å²) in [5.41, 5.74) is 3.14. The normalized spacial score (nSPS) is 21.2. The minimum atomic E-state index is -0.208. The summed E-state index contributed by atoms with van der Waals surface area (Å²) in [5.74, 6) is 1.97. The van der Waals surface area contributed by atoms with E-state index in [1.165, 1.54) is 37.7 Å². The molecule has 1 atom stereocenters. The molecule has 3 aromatic rings. The van der Waals surface area contributed by atoms with E-state index in [9.17, 15) is 10.2 Å². The highest BCUT2D eigenvalue weighted by Gasteiger charge is 2.31. The van der Waals surface area contributed by atoms with Crippen LogP contribution >= 0.6 is 0 Å². The van der Waals surface area contributed by atoms with Crippen molar-refractivity contribution in [2.45, 2.75) is 50.6 Å². The molecule has 1 aromatic heterocycles. The molecule has 0 unspecified atom stereocenters. The van der Waals surface area contributed by atoms with E-state index < -0.39 is 0 Å². The SMILES string of the molecule is OC[C@H]1c2ccccc2CCN1c1nc(-c2cccc(O)c2)nc(N2CCN(C3CCCCC3)CC2)n1. The fraction of sp³-hybridized carbons (Fsp3) is 0.483. The van der Waals surface area contributed by atoms with E-state index in [-0.39, 0.29) is 18.4 Å². The van der Waals surface area contributed by atoms with Crippen LogP contribution in [-0.4, -0.2) is 75.4 Å². The van der Waals surface area contributed by atoms with Crippen LogP contribution in [0.2, 0.25) is 0 Å². The molecule has 2 N–H and O–H groups in total. The van der Waals surface area contributed by atoms with Crippen LogP contribution in [0.25, 0.3) is 11.4 Å². The van der Waals surface area contributed by atoms with E-state index in [1.54, 1.807) is 12.1 Å². The number of hydrogen-bond acceptors (Lipinski definition) is 8. The smallest absolute Gasteiger partial charge is 0.231 e. The van der Waals surface area contributed by atoms with Crippen molar-refractivity contribution in [2.24, 2.45) is 0 Å². The molecule has 1 saturated heterocycles. The van der Waals surface area contributed by atoms with Crippen LogP contribution in [0.15, 0.2) is 48.5 Å². The van der Waals surface area contributed by atoms with Crippen LogP contribution < -0.4 is 9.80 Å². The van der Waals surface area contributed by atoms with Crippen LogP contribution in [0.4, 0.5) is 11.9 Å². The first-order valence-corrected chi connectivity index (χ1v) is 13.7. The number of phenolic OH excluding ortho intramolecular Hbond substituents is 1. The van der Waals surface area contributed by atoms with Crippen LogP contribution in [0.1, 0.15) is 49.3 Å². The Hall–Kier alpha value is -3.23. The van der Waals surface area contributed by atoms with Crippen molar-refractivity contribution in [3.8, 4) is 17.1 Å². The van der Waals surface area contributed by atoms with E-state index in [1.807, 2.05) is 18.2 Å². The Labute approximate surface area is 218 Å². The molecule has 37 heavy (non-hydrogen) atoms. The van der Waals surface area contributed by atoms with Crippen molar-refractivity contribution in [1.29, 1.82) is 0 Å². The van der Waals surface area contributed by atoms with Crippen molar-refractivity contribution in [2.75, 3.05) is 49.1 Å². The van der Waals surface area contributed by atoms with E-state index in [4.69, 9.17) is 15.0 Å². The Morgan fingerprint density at radius 3 is 2.38 bits per heavy atom. The third-order valence-electron chi connectivity index (χ3n) is 8.25. The number of aliphatic hydroxyl groups is 1. The van der Waals surface area contributed by atoms with Gasteiger partial charge in [0, 0.05) is 44.3 Å². The predicted molar refractivity (Wildman–Crippen MR) is 145 cm³/mol. The lowest BCUT2D eigenvalue weighted by atomic mass is 9.93. The fourth-order valence-corrected chi connectivity index (χ4v) is 6.22. The first-order chi connectivity index (χ1) is 18.2. The summed E-state index contributed by atoms with van der Waals surface area (Å²) in [6.45, 7) is 4.50. The zero-order chi connectivity index (χ0) is 25.2. The monoisotopic (exact) mass is 500 g/mol. The van der Waals surface area contributed by atoms with Crippen LogP contribution in [0, 0.1) is 0 Å². The Bertz CT molecular complexity index is 1220. The van der Waals surface area contributed by atoms with Crippen molar-refractivity contribution in [1.82, 2.24) is 19.9 Å². The lowest BCUT2D eigenvalue weighted by Crippen LogP contribution is -2.51. The second kappa shape index (κ2) is 10.6. The van der Waals surface area contributed by atoms with Gasteiger partial charge in [-0.25, -0.2) is 0 Å². The number of nitrogens with zero attached hydrogens (tertiary/aromatic N) is 6. The molecule has 1 aliphatic carbocycles. The van der Waals surface area contributed by atoms with Gasteiger partial charge in [0.15, 0.2) is 5.82 Å². The van der Waals surface area contributed by atoms with Gasteiger partial charge >= 0.3 is 0 Å². The zero-order valence-electron chi connectivity index (χ0n) is 21.3. The fourth-order valence-electron chi connectivity index (χ4n) is 6.22. The number of phenols is 1. The molecule has 3 aliphatic rings. The first kappa shape index (κ1) is 24.1. The van der Waals surface area contributed by atoms with Crippen molar-refractivity contribution >= 4 is 11.9 Å². The number of fused-ring (bicyclic) bond motifs is 1. The average molecular weight is 501 g/mol. The number of anilines is 2. The number of piperazine rings is 1. The second-order valence-corrected chi connectivity index (χ2v) is 10.5. The van der Waals surface area contributed by atoms with Gasteiger partial charge in [0.1, 0.15) is 5.75 Å². The lowest BCUT2D eigenvalue weighted by molar-refractivity contribution is 0.147. The molecule has 0 spiro atoms. The molecule has 2 aromatic carbocycles. The predicted octanol–water partition coefficient (Wildman–Crippen LogP) is 3.80. The molecule has 8 heteroatoms. The van der Waals surface area contributed by atoms with E-state index in [0.717, 1.165) is 50.3 Å². The maximum atomic E-state index is 10.4. The molecule has 3 heterocycles. The number of aromatic hydroxyl groups is 1. The number of rotatable bonds is 5. The molecular weight excluding hydrogens is 464 g/mol. The van der Waals surface area contributed by atoms with Crippen molar-refractivity contribution < 1.29 is 10.2 Å². The number of benzene rings is 2. The maximum Gasteiger partial charge on any atom is 0.231 e. The van der Waals surface area contributed by atoms with E-state index in [2.05, 4.69) is 32.9 Å². The number of hydrogen-bond donors (Lipinski definition) is 2. The van der Waals surface area contributed by atoms with Gasteiger partial charge < -0.3 is 20.0 Å². The lowest BCUT2D eigenvalue weighted by Gasteiger charge is -2.41. The standard InChI is InChI=1S/C29H36N6O2/c36-20-26-25-12-5-4-7-21(25)13-14-35(26)29-31-27(22-8-6-11-24(37)19-22)30-28(32-29)34-17-15-33(16-18-34)23-9-2-1-3-10-23/h4-8,11-12,19,23,26,36-37H,1-3,9-10,13-18,20H2/t26-/m0/s1. The van der Waals surface area contributed by atoms with Gasteiger partial charge in [-0.15, -0.1) is 0 Å². The molecule has 8 nitrogen and oxygen atoms in total. The second-order valence-electron chi connectivity index (χ2n) is 10.5. The largest absolute Gasteiger partial charge is 0.508 e. The molecule has 194 valence electrons. The van der Waals surface area contributed by atoms with Crippen LogP contribution in [0.5, 0.6) is 5.75 Å². The topological polar surface area (TPSA) is 88.8 Å². The maximum absolute atomic E-state index is 10.4. The summed E-state index contributed by atoms with van der Waals surface area (Å²) < 4.78 is 0. The average Bonchev–Trinajstić information content (AvgIpc) is 2.97. The summed E-state index contributed by atoms with van der Waals surface area (Å²) >= 11 is 0. The summed E-state index contributed by atoms with van der Waals surface area (Å²) in [7, 11) is 0. The van der Waals surface area contributed by atoms with Gasteiger partial charge in [-0.2, -0.15) is 15.0 Å².